The maximum absolute atomic E-state index is 11.5. The van der Waals surface area contributed by atoms with Crippen LogP contribution in [0.1, 0.15) is 6.42 Å². The highest BCUT2D eigenvalue weighted by molar-refractivity contribution is 6.52. The summed E-state index contributed by atoms with van der Waals surface area (Å²) in [7, 11) is 0. The third kappa shape index (κ3) is 2.55. The van der Waals surface area contributed by atoms with Gasteiger partial charge in [-0.15, -0.1) is 23.2 Å². The van der Waals surface area contributed by atoms with Gasteiger partial charge < -0.3 is 0 Å². The predicted molar refractivity (Wildman–Crippen MR) is 60.8 cm³/mol. The third-order valence-corrected chi connectivity index (χ3v) is 3.08. The Morgan fingerprint density at radius 1 is 1.33 bits per heavy atom. The number of hydrogen-bond donors (Lipinski definition) is 2. The highest BCUT2D eigenvalue weighted by Gasteiger charge is 2.56. The minimum Gasteiger partial charge on any atom is -0.299 e. The van der Waals surface area contributed by atoms with E-state index in [2.05, 4.69) is 10.9 Å². The van der Waals surface area contributed by atoms with E-state index in [9.17, 15) is 4.79 Å². The number of nitrogens with one attached hydrogen (secondary N) is 2. The van der Waals surface area contributed by atoms with Crippen LogP contribution in [0.3, 0.4) is 0 Å². The van der Waals surface area contributed by atoms with Crippen molar-refractivity contribution in [1.82, 2.24) is 5.43 Å². The van der Waals surface area contributed by atoms with Gasteiger partial charge in [0, 0.05) is 0 Å². The van der Waals surface area contributed by atoms with Gasteiger partial charge in [0.15, 0.2) is 0 Å². The molecule has 0 saturated heterocycles. The molecule has 1 aromatic carbocycles. The van der Waals surface area contributed by atoms with Crippen molar-refractivity contribution in [2.75, 3.05) is 5.43 Å². The lowest BCUT2D eigenvalue weighted by molar-refractivity contribution is -0.121. The van der Waals surface area contributed by atoms with Crippen LogP contribution in [-0.4, -0.2) is 10.2 Å². The molecule has 80 valence electrons. The molecule has 0 unspecified atom stereocenters. The van der Waals surface area contributed by atoms with Crippen molar-refractivity contribution in [3.8, 4) is 0 Å². The molecule has 15 heavy (non-hydrogen) atoms. The topological polar surface area (TPSA) is 41.1 Å². The molecule has 1 saturated carbocycles. The van der Waals surface area contributed by atoms with Crippen molar-refractivity contribution >= 4 is 34.8 Å². The van der Waals surface area contributed by atoms with Crippen LogP contribution in [0.15, 0.2) is 30.3 Å². The van der Waals surface area contributed by atoms with Gasteiger partial charge in [0.25, 0.3) is 0 Å². The molecule has 1 aliphatic rings. The second-order valence-electron chi connectivity index (χ2n) is 3.50. The maximum Gasteiger partial charge on any atom is 0.244 e. The summed E-state index contributed by atoms with van der Waals surface area (Å²) in [5.74, 6) is -0.485. The fourth-order valence-corrected chi connectivity index (χ4v) is 1.75. The molecule has 3 nitrogen and oxygen atoms in total. The summed E-state index contributed by atoms with van der Waals surface area (Å²) in [6, 6.07) is 9.35. The van der Waals surface area contributed by atoms with Gasteiger partial charge in [-0.25, -0.2) is 0 Å². The Morgan fingerprint density at radius 3 is 2.47 bits per heavy atom. The summed E-state index contributed by atoms with van der Waals surface area (Å²) in [4.78, 5) is 11.5. The predicted octanol–water partition coefficient (Wildman–Crippen LogP) is 2.32. The van der Waals surface area contributed by atoms with Crippen LogP contribution in [0.25, 0.3) is 0 Å². The van der Waals surface area contributed by atoms with Crippen LogP contribution >= 0.6 is 23.2 Å². The van der Waals surface area contributed by atoms with Crippen molar-refractivity contribution in [2.45, 2.75) is 10.8 Å². The molecule has 2 N–H and O–H groups in total. The molecule has 5 heteroatoms. The fraction of sp³-hybridized carbons (Fsp3) is 0.300. The normalized spacial score (nSPS) is 21.9. The van der Waals surface area contributed by atoms with Gasteiger partial charge in [0.1, 0.15) is 4.33 Å². The molecule has 0 spiro atoms. The van der Waals surface area contributed by atoms with Crippen molar-refractivity contribution in [2.24, 2.45) is 5.92 Å². The molecule has 1 aliphatic carbocycles. The Morgan fingerprint density at radius 2 is 1.93 bits per heavy atom. The number of hydrazine groups is 1. The Balaban J connectivity index is 1.82. The van der Waals surface area contributed by atoms with Gasteiger partial charge in [0.05, 0.1) is 11.6 Å². The van der Waals surface area contributed by atoms with E-state index in [0.29, 0.717) is 6.42 Å². The van der Waals surface area contributed by atoms with E-state index in [1.807, 2.05) is 30.3 Å². The highest BCUT2D eigenvalue weighted by Crippen LogP contribution is 2.53. The number of alkyl halides is 2. The van der Waals surface area contributed by atoms with Crippen LogP contribution in [0, 0.1) is 5.92 Å². The van der Waals surface area contributed by atoms with Crippen molar-refractivity contribution in [1.29, 1.82) is 0 Å². The van der Waals surface area contributed by atoms with Crippen LogP contribution in [-0.2, 0) is 4.79 Å². The smallest absolute Gasteiger partial charge is 0.244 e. The molecular formula is C10H10Cl2N2O. The zero-order chi connectivity index (χ0) is 10.9. The molecule has 0 aromatic heterocycles. The van der Waals surface area contributed by atoms with Gasteiger partial charge in [-0.1, -0.05) is 18.2 Å². The molecule has 0 heterocycles. The van der Waals surface area contributed by atoms with E-state index in [1.165, 1.54) is 0 Å². The van der Waals surface area contributed by atoms with E-state index in [0.717, 1.165) is 5.69 Å². The van der Waals surface area contributed by atoms with Crippen LogP contribution in [0.2, 0.25) is 0 Å². The molecule has 0 aliphatic heterocycles. The lowest BCUT2D eigenvalue weighted by Gasteiger charge is -2.07. The fourth-order valence-electron chi connectivity index (χ4n) is 1.24. The Kier molecular flexibility index (Phi) is 2.76. The van der Waals surface area contributed by atoms with Gasteiger partial charge in [-0.05, 0) is 18.6 Å². The van der Waals surface area contributed by atoms with Crippen LogP contribution in [0.5, 0.6) is 0 Å². The number of amides is 1. The monoisotopic (exact) mass is 244 g/mol. The molecule has 2 rings (SSSR count). The number of hydrogen-bond acceptors (Lipinski definition) is 2. The lowest BCUT2D eigenvalue weighted by atomic mass is 10.3. The molecule has 1 atom stereocenters. The van der Waals surface area contributed by atoms with Gasteiger partial charge in [0.2, 0.25) is 5.91 Å². The van der Waals surface area contributed by atoms with Gasteiger partial charge in [-0.2, -0.15) is 0 Å². The van der Waals surface area contributed by atoms with Crippen molar-refractivity contribution in [3.05, 3.63) is 30.3 Å². The SMILES string of the molecule is O=C(NNc1ccccc1)[C@@H]1CC1(Cl)Cl. The average Bonchev–Trinajstić information content (AvgIpc) is 2.86. The molecular weight excluding hydrogens is 235 g/mol. The molecule has 1 fully saturated rings. The maximum atomic E-state index is 11.5. The van der Waals surface area contributed by atoms with E-state index in [4.69, 9.17) is 23.2 Å². The first-order chi connectivity index (χ1) is 7.09. The first kappa shape index (κ1) is 10.6. The number of carbonyl (C=O) groups excluding carboxylic acids is 1. The van der Waals surface area contributed by atoms with Gasteiger partial charge >= 0.3 is 0 Å². The summed E-state index contributed by atoms with van der Waals surface area (Å²) >= 11 is 11.5. The largest absolute Gasteiger partial charge is 0.299 e. The quantitative estimate of drug-likeness (QED) is 0.633. The molecule has 1 amide bonds. The van der Waals surface area contributed by atoms with E-state index in [-0.39, 0.29) is 11.8 Å². The first-order valence-corrected chi connectivity index (χ1v) is 5.34. The Bertz CT molecular complexity index is 367. The van der Waals surface area contributed by atoms with Crippen molar-refractivity contribution < 1.29 is 4.79 Å². The summed E-state index contributed by atoms with van der Waals surface area (Å²) in [6.07, 6.45) is 0.512. The zero-order valence-electron chi connectivity index (χ0n) is 7.84. The van der Waals surface area contributed by atoms with E-state index in [1.54, 1.807) is 0 Å². The number of anilines is 1. The first-order valence-electron chi connectivity index (χ1n) is 4.58. The lowest BCUT2D eigenvalue weighted by Crippen LogP contribution is -2.31. The third-order valence-electron chi connectivity index (χ3n) is 2.25. The summed E-state index contributed by atoms with van der Waals surface area (Å²) in [6.45, 7) is 0. The summed E-state index contributed by atoms with van der Waals surface area (Å²) in [5, 5.41) is 0. The second-order valence-corrected chi connectivity index (χ2v) is 5.04. The number of rotatable bonds is 3. The average molecular weight is 245 g/mol. The van der Waals surface area contributed by atoms with E-state index < -0.39 is 4.33 Å². The molecule has 0 bridgehead atoms. The summed E-state index contributed by atoms with van der Waals surface area (Å²) < 4.78 is -0.873. The van der Waals surface area contributed by atoms with Crippen molar-refractivity contribution in [3.63, 3.8) is 0 Å². The minimum atomic E-state index is -0.873. The minimum absolute atomic E-state index is 0.177. The second kappa shape index (κ2) is 3.91. The molecule has 0 radical (unpaired) electrons. The number of halogens is 2. The number of para-hydroxylation sites is 1. The van der Waals surface area contributed by atoms with E-state index >= 15 is 0 Å². The zero-order valence-corrected chi connectivity index (χ0v) is 9.35. The Hall–Kier alpha value is -0.930. The van der Waals surface area contributed by atoms with Gasteiger partial charge in [-0.3, -0.25) is 15.6 Å². The molecule has 1 aromatic rings. The summed E-state index contributed by atoms with van der Waals surface area (Å²) in [5.41, 5.74) is 6.17. The van der Waals surface area contributed by atoms with Crippen LogP contribution in [0.4, 0.5) is 5.69 Å². The standard InChI is InChI=1S/C10H10Cl2N2O/c11-10(12)6-8(10)9(15)14-13-7-4-2-1-3-5-7/h1-5,8,13H,6H2,(H,14,15)/t8-/m0/s1. The number of carbonyl (C=O) groups is 1. The van der Waals surface area contributed by atoms with Crippen LogP contribution < -0.4 is 10.9 Å². The number of benzene rings is 1. The Labute approximate surface area is 97.7 Å². The highest BCUT2D eigenvalue weighted by atomic mass is 35.5.